The van der Waals surface area contributed by atoms with Crippen LogP contribution in [0, 0.1) is 6.92 Å². The summed E-state index contributed by atoms with van der Waals surface area (Å²) in [6.07, 6.45) is 1.71. The lowest BCUT2D eigenvalue weighted by Crippen LogP contribution is -2.40. The largest absolute Gasteiger partial charge is 0.344 e. The van der Waals surface area contributed by atoms with Gasteiger partial charge in [-0.2, -0.15) is 0 Å². The third-order valence-corrected chi connectivity index (χ3v) is 5.46. The number of hydrogen-bond acceptors (Lipinski definition) is 8. The van der Waals surface area contributed by atoms with Crippen molar-refractivity contribution >= 4 is 34.5 Å². The van der Waals surface area contributed by atoms with Crippen LogP contribution >= 0.6 is 22.9 Å². The van der Waals surface area contributed by atoms with E-state index in [0.29, 0.717) is 17.4 Å². The molecule has 0 unspecified atom stereocenters. The molecule has 0 saturated heterocycles. The molecule has 1 aliphatic rings. The number of likely N-dealkylation sites (N-methyl/N-ethyl adjacent to an activating group) is 1. The van der Waals surface area contributed by atoms with E-state index < -0.39 is 0 Å². The highest BCUT2D eigenvalue weighted by Gasteiger charge is 2.25. The number of hydrogen-bond donors (Lipinski definition) is 2. The van der Waals surface area contributed by atoms with E-state index in [-0.39, 0.29) is 5.91 Å². The lowest BCUT2D eigenvalue weighted by atomic mass is 10.2. The van der Waals surface area contributed by atoms with Crippen LogP contribution in [0.15, 0.2) is 54.4 Å². The van der Waals surface area contributed by atoms with Crippen molar-refractivity contribution in [1.82, 2.24) is 31.0 Å². The number of halogens is 1. The summed E-state index contributed by atoms with van der Waals surface area (Å²) in [6.45, 7) is 2.16. The molecule has 3 aromatic rings. The predicted molar refractivity (Wildman–Crippen MR) is 113 cm³/mol. The van der Waals surface area contributed by atoms with Crippen molar-refractivity contribution in [2.75, 3.05) is 12.1 Å². The van der Waals surface area contributed by atoms with Gasteiger partial charge in [-0.1, -0.05) is 53.3 Å². The van der Waals surface area contributed by atoms with Gasteiger partial charge >= 0.3 is 0 Å². The Morgan fingerprint density at radius 2 is 2.00 bits per heavy atom. The van der Waals surface area contributed by atoms with E-state index in [4.69, 9.17) is 11.6 Å². The first-order valence-corrected chi connectivity index (χ1v) is 10.0. The van der Waals surface area contributed by atoms with Crippen LogP contribution in [-0.4, -0.2) is 33.1 Å². The molecule has 3 heterocycles. The molecular weight excluding hydrogens is 410 g/mol. The molecule has 148 valence electrons. The molecule has 2 aromatic heterocycles. The molecule has 4 rings (SSSR count). The topological polar surface area (TPSA) is 86.3 Å². The zero-order valence-corrected chi connectivity index (χ0v) is 17.3. The number of carbonyl (C=O) groups excluding carboxylic acids is 1. The van der Waals surface area contributed by atoms with Gasteiger partial charge in [0.2, 0.25) is 0 Å². The number of pyridine rings is 1. The first-order valence-electron chi connectivity index (χ1n) is 8.81. The van der Waals surface area contributed by atoms with Gasteiger partial charge in [-0.3, -0.25) is 14.8 Å². The minimum absolute atomic E-state index is 0.224. The van der Waals surface area contributed by atoms with E-state index in [1.54, 1.807) is 29.3 Å². The molecule has 0 atom stereocenters. The number of anilines is 1. The van der Waals surface area contributed by atoms with Crippen LogP contribution in [-0.2, 0) is 11.3 Å². The van der Waals surface area contributed by atoms with E-state index in [1.165, 1.54) is 11.3 Å². The van der Waals surface area contributed by atoms with Crippen LogP contribution in [0.2, 0.25) is 5.15 Å². The van der Waals surface area contributed by atoms with Gasteiger partial charge in [-0.25, -0.2) is 4.98 Å². The number of nitrogens with one attached hydrogen (secondary N) is 2. The highest BCUT2D eigenvalue weighted by molar-refractivity contribution is 7.14. The van der Waals surface area contributed by atoms with E-state index in [2.05, 4.69) is 26.0 Å². The molecule has 0 saturated carbocycles. The summed E-state index contributed by atoms with van der Waals surface area (Å²) >= 11 is 7.38. The van der Waals surface area contributed by atoms with Crippen molar-refractivity contribution in [2.45, 2.75) is 13.5 Å². The van der Waals surface area contributed by atoms with Crippen molar-refractivity contribution in [1.29, 1.82) is 0 Å². The van der Waals surface area contributed by atoms with Crippen molar-refractivity contribution in [3.8, 4) is 10.6 Å². The zero-order chi connectivity index (χ0) is 20.4. The molecular formula is C19H18ClN7OS. The average Bonchev–Trinajstić information content (AvgIpc) is 3.34. The maximum absolute atomic E-state index is 12.7. The number of hydrazine groups is 2. The van der Waals surface area contributed by atoms with Crippen molar-refractivity contribution < 1.29 is 4.79 Å². The van der Waals surface area contributed by atoms with Crippen LogP contribution in [0.5, 0.6) is 0 Å². The first-order chi connectivity index (χ1) is 14.0. The zero-order valence-electron chi connectivity index (χ0n) is 15.8. The Bertz CT molecular complexity index is 1070. The highest BCUT2D eigenvalue weighted by Crippen LogP contribution is 2.24. The van der Waals surface area contributed by atoms with Gasteiger partial charge in [0.25, 0.3) is 5.91 Å². The Balaban J connectivity index is 1.42. The molecule has 1 amide bonds. The molecule has 0 spiro atoms. The minimum Gasteiger partial charge on any atom is -0.344 e. The summed E-state index contributed by atoms with van der Waals surface area (Å²) < 4.78 is 0. The number of aromatic nitrogens is 3. The summed E-state index contributed by atoms with van der Waals surface area (Å²) in [6, 6.07) is 13.4. The standard InChI is InChI=1S/C19H18ClN7OS/c1-12-14(8-9-16(20)22-12)27-11-15(26(2)25-27)18(28)21-10-17-23-24-19(29-17)13-6-4-3-5-7-13/h3-9,11,25H,10H2,1-2H3,(H,21,28). The van der Waals surface area contributed by atoms with Crippen molar-refractivity contribution in [2.24, 2.45) is 0 Å². The molecule has 2 N–H and O–H groups in total. The summed E-state index contributed by atoms with van der Waals surface area (Å²) in [7, 11) is 1.77. The Morgan fingerprint density at radius 3 is 2.76 bits per heavy atom. The second kappa shape index (κ2) is 8.16. The van der Waals surface area contributed by atoms with Gasteiger partial charge in [-0.05, 0) is 19.1 Å². The fourth-order valence-corrected chi connectivity index (χ4v) is 3.81. The molecule has 0 bridgehead atoms. The summed E-state index contributed by atoms with van der Waals surface area (Å²) in [5, 5.41) is 16.6. The molecule has 10 heteroatoms. The summed E-state index contributed by atoms with van der Waals surface area (Å²) in [5.74, 6) is -0.224. The molecule has 8 nitrogen and oxygen atoms in total. The second-order valence-electron chi connectivity index (χ2n) is 6.33. The maximum atomic E-state index is 12.7. The first kappa shape index (κ1) is 19.3. The van der Waals surface area contributed by atoms with Crippen LogP contribution in [0.3, 0.4) is 0 Å². The monoisotopic (exact) mass is 427 g/mol. The Kier molecular flexibility index (Phi) is 5.43. The van der Waals surface area contributed by atoms with Gasteiger partial charge in [0, 0.05) is 12.6 Å². The minimum atomic E-state index is -0.224. The number of carbonyl (C=O) groups is 1. The van der Waals surface area contributed by atoms with E-state index >= 15 is 0 Å². The van der Waals surface area contributed by atoms with Gasteiger partial charge in [-0.15, -0.1) is 15.7 Å². The van der Waals surface area contributed by atoms with E-state index in [9.17, 15) is 4.79 Å². The van der Waals surface area contributed by atoms with E-state index in [0.717, 1.165) is 27.0 Å². The van der Waals surface area contributed by atoms with Gasteiger partial charge in [0.05, 0.1) is 24.1 Å². The SMILES string of the molecule is Cc1nc(Cl)ccc1N1C=C(C(=O)NCc2nnc(-c3ccccc3)s2)N(C)N1. The Morgan fingerprint density at radius 1 is 1.21 bits per heavy atom. The molecule has 0 fully saturated rings. The lowest BCUT2D eigenvalue weighted by molar-refractivity contribution is -0.119. The highest BCUT2D eigenvalue weighted by atomic mass is 35.5. The number of aryl methyl sites for hydroxylation is 1. The number of rotatable bonds is 5. The van der Waals surface area contributed by atoms with Crippen LogP contribution < -0.4 is 15.9 Å². The van der Waals surface area contributed by atoms with Crippen molar-refractivity contribution in [3.63, 3.8) is 0 Å². The quantitative estimate of drug-likeness (QED) is 0.605. The second-order valence-corrected chi connectivity index (χ2v) is 7.78. The van der Waals surface area contributed by atoms with Crippen LogP contribution in [0.4, 0.5) is 5.69 Å². The normalized spacial score (nSPS) is 13.6. The third-order valence-electron chi connectivity index (χ3n) is 4.27. The number of nitrogens with zero attached hydrogens (tertiary/aromatic N) is 5. The van der Waals surface area contributed by atoms with Gasteiger partial charge in [0.15, 0.2) is 0 Å². The average molecular weight is 428 g/mol. The number of amides is 1. The lowest BCUT2D eigenvalue weighted by Gasteiger charge is -2.21. The van der Waals surface area contributed by atoms with E-state index in [1.807, 2.05) is 43.3 Å². The van der Waals surface area contributed by atoms with Crippen molar-refractivity contribution in [3.05, 3.63) is 70.2 Å². The smallest absolute Gasteiger partial charge is 0.270 e. The molecule has 0 aliphatic carbocycles. The maximum Gasteiger partial charge on any atom is 0.270 e. The Labute approximate surface area is 176 Å². The summed E-state index contributed by atoms with van der Waals surface area (Å²) in [4.78, 5) is 16.9. The fraction of sp³-hybridized carbons (Fsp3) is 0.158. The molecule has 29 heavy (non-hydrogen) atoms. The Hall–Kier alpha value is -3.01. The third kappa shape index (κ3) is 4.21. The van der Waals surface area contributed by atoms with Crippen LogP contribution in [0.1, 0.15) is 10.7 Å². The van der Waals surface area contributed by atoms with Gasteiger partial charge in [0.1, 0.15) is 20.9 Å². The summed E-state index contributed by atoms with van der Waals surface area (Å²) in [5.41, 5.74) is 6.12. The fourth-order valence-electron chi connectivity index (χ4n) is 2.83. The predicted octanol–water partition coefficient (Wildman–Crippen LogP) is 2.89. The van der Waals surface area contributed by atoms with Crippen LogP contribution in [0.25, 0.3) is 10.6 Å². The van der Waals surface area contributed by atoms with Gasteiger partial charge < -0.3 is 5.32 Å². The molecule has 1 aliphatic heterocycles. The molecule has 1 aromatic carbocycles. The molecule has 0 radical (unpaired) electrons. The number of benzene rings is 1.